The molecule has 35 heavy (non-hydrogen) atoms. The van der Waals surface area contributed by atoms with Gasteiger partial charge in [0.05, 0.1) is 5.56 Å². The van der Waals surface area contributed by atoms with Crippen LogP contribution >= 0.6 is 0 Å². The minimum Gasteiger partial charge on any atom is -0.478 e. The Hall–Kier alpha value is -4.13. The average molecular weight is 470 g/mol. The van der Waals surface area contributed by atoms with Gasteiger partial charge in [-0.3, -0.25) is 4.79 Å². The number of likely N-dealkylation sites (tertiary alicyclic amines) is 1. The second kappa shape index (κ2) is 9.62. The summed E-state index contributed by atoms with van der Waals surface area (Å²) in [5.74, 6) is -0.506. The third-order valence-corrected chi connectivity index (χ3v) is 6.64. The molecule has 1 saturated heterocycles. The van der Waals surface area contributed by atoms with Crippen LogP contribution in [-0.4, -0.2) is 40.5 Å². The minimum absolute atomic E-state index is 0.208. The fraction of sp³-hybridized carbons (Fsp3) is 0.250. The fourth-order valence-corrected chi connectivity index (χ4v) is 4.51. The molecule has 7 nitrogen and oxygen atoms in total. The molecule has 7 heteroatoms. The quantitative estimate of drug-likeness (QED) is 0.440. The maximum absolute atomic E-state index is 13.0. The van der Waals surface area contributed by atoms with E-state index in [9.17, 15) is 14.4 Å². The number of anilines is 2. The second-order valence-corrected chi connectivity index (χ2v) is 9.13. The summed E-state index contributed by atoms with van der Waals surface area (Å²) < 4.78 is 0. The van der Waals surface area contributed by atoms with E-state index in [0.29, 0.717) is 24.6 Å². The van der Waals surface area contributed by atoms with Gasteiger partial charge in [0.25, 0.3) is 0 Å². The lowest BCUT2D eigenvalue weighted by Crippen LogP contribution is -2.45. The zero-order valence-corrected chi connectivity index (χ0v) is 19.2. The van der Waals surface area contributed by atoms with Crippen molar-refractivity contribution in [3.05, 3.63) is 83.9 Å². The third kappa shape index (κ3) is 5.19. The number of carboxylic acids is 1. The Kier molecular flexibility index (Phi) is 6.23. The Morgan fingerprint density at radius 2 is 1.31 bits per heavy atom. The zero-order valence-electron chi connectivity index (χ0n) is 19.2. The van der Waals surface area contributed by atoms with Crippen LogP contribution < -0.4 is 10.6 Å². The molecule has 1 atom stereocenters. The standard InChI is InChI=1S/C28H27N3O4/c32-26(29-23-13-9-20(10-14-23)19-5-7-22(8-6-19)27(33)34)25-2-1-17-31(25)28(35)30-24-15-11-21(12-16-24)18-3-4-18/h5-16,18,25H,1-4,17H2,(H,29,32)(H,30,35)(H,33,34). The first-order valence-electron chi connectivity index (χ1n) is 11.9. The maximum atomic E-state index is 13.0. The number of benzene rings is 3. The molecule has 3 amide bonds. The van der Waals surface area contributed by atoms with Crippen LogP contribution in [0.3, 0.4) is 0 Å². The Morgan fingerprint density at radius 1 is 0.743 bits per heavy atom. The molecular weight excluding hydrogens is 442 g/mol. The van der Waals surface area contributed by atoms with Crippen LogP contribution in [0.4, 0.5) is 16.2 Å². The van der Waals surface area contributed by atoms with Crippen molar-refractivity contribution in [3.63, 3.8) is 0 Å². The lowest BCUT2D eigenvalue weighted by molar-refractivity contribution is -0.119. The van der Waals surface area contributed by atoms with Gasteiger partial charge in [-0.1, -0.05) is 36.4 Å². The van der Waals surface area contributed by atoms with Gasteiger partial charge in [0, 0.05) is 17.9 Å². The summed E-state index contributed by atoms with van der Waals surface area (Å²) in [5.41, 5.74) is 4.72. The summed E-state index contributed by atoms with van der Waals surface area (Å²) in [6.45, 7) is 0.537. The van der Waals surface area contributed by atoms with Crippen molar-refractivity contribution in [3.8, 4) is 11.1 Å². The number of amides is 3. The highest BCUT2D eigenvalue weighted by atomic mass is 16.4. The molecule has 5 rings (SSSR count). The Morgan fingerprint density at radius 3 is 1.91 bits per heavy atom. The predicted molar refractivity (Wildman–Crippen MR) is 135 cm³/mol. The van der Waals surface area contributed by atoms with Crippen molar-refractivity contribution in [2.45, 2.75) is 37.6 Å². The van der Waals surface area contributed by atoms with Gasteiger partial charge in [0.2, 0.25) is 5.91 Å². The van der Waals surface area contributed by atoms with Crippen LogP contribution in [0.15, 0.2) is 72.8 Å². The number of rotatable bonds is 6. The number of urea groups is 1. The maximum Gasteiger partial charge on any atom is 0.335 e. The number of carbonyl (C=O) groups is 3. The van der Waals surface area contributed by atoms with Crippen molar-refractivity contribution in [2.24, 2.45) is 0 Å². The Bertz CT molecular complexity index is 1230. The van der Waals surface area contributed by atoms with Crippen molar-refractivity contribution >= 4 is 29.3 Å². The van der Waals surface area contributed by atoms with Gasteiger partial charge in [0.1, 0.15) is 6.04 Å². The van der Waals surface area contributed by atoms with Crippen LogP contribution in [-0.2, 0) is 4.79 Å². The molecule has 3 aromatic rings. The van der Waals surface area contributed by atoms with E-state index in [2.05, 4.69) is 22.8 Å². The van der Waals surface area contributed by atoms with Gasteiger partial charge in [-0.15, -0.1) is 0 Å². The molecule has 0 bridgehead atoms. The first-order chi connectivity index (χ1) is 17.0. The molecule has 0 radical (unpaired) electrons. The summed E-state index contributed by atoms with van der Waals surface area (Å²) in [5, 5.41) is 14.9. The molecule has 2 fully saturated rings. The van der Waals surface area contributed by atoms with Gasteiger partial charge in [0.15, 0.2) is 0 Å². The molecule has 0 spiro atoms. The van der Waals surface area contributed by atoms with E-state index >= 15 is 0 Å². The summed E-state index contributed by atoms with van der Waals surface area (Å²) >= 11 is 0. The van der Waals surface area contributed by atoms with Gasteiger partial charge < -0.3 is 20.6 Å². The SMILES string of the molecule is O=C(O)c1ccc(-c2ccc(NC(=O)C3CCCN3C(=O)Nc3ccc(C4CC4)cc3)cc2)cc1. The van der Waals surface area contributed by atoms with Crippen molar-refractivity contribution in [1.82, 2.24) is 4.90 Å². The molecule has 178 valence electrons. The highest BCUT2D eigenvalue weighted by molar-refractivity contribution is 5.99. The second-order valence-electron chi connectivity index (χ2n) is 9.13. The van der Waals surface area contributed by atoms with Crippen LogP contribution in [0, 0.1) is 0 Å². The zero-order chi connectivity index (χ0) is 24.4. The largest absolute Gasteiger partial charge is 0.478 e. The van der Waals surface area contributed by atoms with Crippen LogP contribution in [0.1, 0.15) is 47.5 Å². The molecule has 1 heterocycles. The van der Waals surface area contributed by atoms with Gasteiger partial charge in [-0.05, 0) is 84.7 Å². The van der Waals surface area contributed by atoms with Crippen molar-refractivity contribution < 1.29 is 19.5 Å². The topological polar surface area (TPSA) is 98.7 Å². The van der Waals surface area contributed by atoms with E-state index in [1.165, 1.54) is 18.4 Å². The van der Waals surface area contributed by atoms with E-state index in [-0.39, 0.29) is 17.5 Å². The number of nitrogens with zero attached hydrogens (tertiary/aromatic N) is 1. The highest BCUT2D eigenvalue weighted by Gasteiger charge is 2.34. The molecule has 0 aromatic heterocycles. The molecule has 1 saturated carbocycles. The lowest BCUT2D eigenvalue weighted by Gasteiger charge is -2.24. The van der Waals surface area contributed by atoms with E-state index in [1.54, 1.807) is 41.3 Å². The number of hydrogen-bond acceptors (Lipinski definition) is 3. The van der Waals surface area contributed by atoms with Crippen LogP contribution in [0.5, 0.6) is 0 Å². The molecule has 3 N–H and O–H groups in total. The molecule has 1 aliphatic heterocycles. The predicted octanol–water partition coefficient (Wildman–Crippen LogP) is 5.56. The lowest BCUT2D eigenvalue weighted by atomic mass is 10.0. The highest BCUT2D eigenvalue weighted by Crippen LogP contribution is 2.40. The number of nitrogens with one attached hydrogen (secondary N) is 2. The van der Waals surface area contributed by atoms with E-state index in [4.69, 9.17) is 5.11 Å². The first-order valence-corrected chi connectivity index (χ1v) is 11.9. The average Bonchev–Trinajstić information content (AvgIpc) is 3.60. The third-order valence-electron chi connectivity index (χ3n) is 6.64. The Balaban J connectivity index is 1.19. The van der Waals surface area contributed by atoms with Crippen LogP contribution in [0.25, 0.3) is 11.1 Å². The summed E-state index contributed by atoms with van der Waals surface area (Å²) in [7, 11) is 0. The van der Waals surface area contributed by atoms with E-state index in [0.717, 1.165) is 23.2 Å². The first kappa shape index (κ1) is 22.7. The smallest absolute Gasteiger partial charge is 0.335 e. The molecule has 1 unspecified atom stereocenters. The summed E-state index contributed by atoms with van der Waals surface area (Å²) in [6, 6.07) is 21.2. The minimum atomic E-state index is -0.962. The van der Waals surface area contributed by atoms with Gasteiger partial charge in [-0.2, -0.15) is 0 Å². The molecule has 2 aliphatic rings. The van der Waals surface area contributed by atoms with Crippen molar-refractivity contribution in [2.75, 3.05) is 17.2 Å². The van der Waals surface area contributed by atoms with Crippen LogP contribution in [0.2, 0.25) is 0 Å². The molecule has 1 aliphatic carbocycles. The van der Waals surface area contributed by atoms with Gasteiger partial charge in [-0.25, -0.2) is 9.59 Å². The van der Waals surface area contributed by atoms with Gasteiger partial charge >= 0.3 is 12.0 Å². The summed E-state index contributed by atoms with van der Waals surface area (Å²) in [4.78, 5) is 38.5. The number of aromatic carboxylic acids is 1. The van der Waals surface area contributed by atoms with Crippen molar-refractivity contribution in [1.29, 1.82) is 0 Å². The number of carbonyl (C=O) groups excluding carboxylic acids is 2. The fourth-order valence-electron chi connectivity index (χ4n) is 4.51. The van der Waals surface area contributed by atoms with E-state index in [1.807, 2.05) is 24.3 Å². The normalized spacial score (nSPS) is 17.1. The molecule has 3 aromatic carbocycles. The summed E-state index contributed by atoms with van der Waals surface area (Å²) in [6.07, 6.45) is 3.86. The Labute approximate surface area is 203 Å². The van der Waals surface area contributed by atoms with E-state index < -0.39 is 12.0 Å². The number of hydrogen-bond donors (Lipinski definition) is 3. The monoisotopic (exact) mass is 469 g/mol. The molecular formula is C28H27N3O4. The number of carboxylic acid groups (broad SMARTS) is 1.